The van der Waals surface area contributed by atoms with Crippen LogP contribution in [0.4, 0.5) is 110 Å². The van der Waals surface area contributed by atoms with E-state index in [0.29, 0.717) is 59.5 Å². The Balaban J connectivity index is 4.57. The molecule has 0 radical (unpaired) electrons. The maximum absolute atomic E-state index is 14.1. The van der Waals surface area contributed by atoms with Crippen molar-refractivity contribution in [2.75, 3.05) is 152 Å². The van der Waals surface area contributed by atoms with Crippen LogP contribution in [0.5, 0.6) is 0 Å². The lowest BCUT2D eigenvalue weighted by molar-refractivity contribution is -0.482. The fourth-order valence-corrected chi connectivity index (χ4v) is 4.71. The van der Waals surface area contributed by atoms with Gasteiger partial charge in [0.15, 0.2) is 0 Å². The summed E-state index contributed by atoms with van der Waals surface area (Å²) in [6, 6.07) is 0. The molecule has 0 unspecified atom stereocenters. The van der Waals surface area contributed by atoms with Crippen molar-refractivity contribution in [3.8, 4) is 0 Å². The molecule has 0 saturated carbocycles. The van der Waals surface area contributed by atoms with E-state index < -0.39 is 97.6 Å². The standard InChI is InChI=1S/C36H49F25O12/c37-25(38,26(39,40)27(41,42)28(43,44)29(45,46)30(47,48)31(49,50)32(51,52)33(53,54)34(55,56)35(57,58)36(59,60)61)1-3-63-5-7-65-9-11-67-13-15-69-17-19-71-21-23-73-24-22-72-20-18-70-16-14-68-12-10-66-8-6-64-4-2-62/h62H,1-24H2. The highest BCUT2D eigenvalue weighted by Crippen LogP contribution is 2.68. The summed E-state index contributed by atoms with van der Waals surface area (Å²) < 4.78 is 397. The first-order valence-electron chi connectivity index (χ1n) is 20.5. The first-order chi connectivity index (χ1) is 33.3. The van der Waals surface area contributed by atoms with Gasteiger partial charge in [-0.1, -0.05) is 0 Å². The Morgan fingerprint density at radius 1 is 0.192 bits per heavy atom. The van der Waals surface area contributed by atoms with Crippen LogP contribution in [0.15, 0.2) is 0 Å². The Morgan fingerprint density at radius 2 is 0.342 bits per heavy atom. The highest BCUT2D eigenvalue weighted by molar-refractivity contribution is 5.19. The van der Waals surface area contributed by atoms with Crippen molar-refractivity contribution in [2.24, 2.45) is 0 Å². The minimum absolute atomic E-state index is 0.0281. The van der Waals surface area contributed by atoms with Gasteiger partial charge in [0.1, 0.15) is 0 Å². The quantitative estimate of drug-likeness (QED) is 0.0469. The third-order valence-electron chi connectivity index (χ3n) is 8.88. The minimum atomic E-state index is -9.63. The van der Waals surface area contributed by atoms with Crippen LogP contribution in [-0.2, 0) is 52.1 Å². The topological polar surface area (TPSA) is 122 Å². The van der Waals surface area contributed by atoms with E-state index in [1.165, 1.54) is 0 Å². The van der Waals surface area contributed by atoms with Gasteiger partial charge in [-0.05, 0) is 0 Å². The molecule has 12 nitrogen and oxygen atoms in total. The van der Waals surface area contributed by atoms with E-state index in [4.69, 9.17) is 52.5 Å². The molecule has 0 aromatic rings. The Bertz CT molecular complexity index is 1500. The van der Waals surface area contributed by atoms with E-state index in [-0.39, 0.29) is 72.7 Å². The molecule has 37 heteroatoms. The predicted molar refractivity (Wildman–Crippen MR) is 191 cm³/mol. The van der Waals surface area contributed by atoms with Crippen molar-refractivity contribution in [3.05, 3.63) is 0 Å². The number of ether oxygens (including phenoxy) is 11. The molecule has 0 aromatic carbocycles. The zero-order valence-electron chi connectivity index (χ0n) is 37.4. The average Bonchev–Trinajstić information content (AvgIpc) is 3.28. The molecule has 0 heterocycles. The highest BCUT2D eigenvalue weighted by Gasteiger charge is 2.99. The van der Waals surface area contributed by atoms with Gasteiger partial charge in [0, 0.05) is 6.42 Å². The largest absolute Gasteiger partial charge is 0.460 e. The molecule has 0 aromatic heterocycles. The van der Waals surface area contributed by atoms with Crippen LogP contribution in [0.1, 0.15) is 6.42 Å². The van der Waals surface area contributed by atoms with E-state index >= 15 is 0 Å². The predicted octanol–water partition coefficient (Wildman–Crippen LogP) is 8.10. The monoisotopic (exact) mass is 1150 g/mol. The molecule has 1 N–H and O–H groups in total. The van der Waals surface area contributed by atoms with Crippen LogP contribution in [-0.4, -0.2) is 228 Å². The minimum Gasteiger partial charge on any atom is -0.394 e. The Morgan fingerprint density at radius 3 is 0.521 bits per heavy atom. The van der Waals surface area contributed by atoms with Crippen molar-refractivity contribution in [2.45, 2.75) is 77.7 Å². The normalized spacial score (nSPS) is 14.7. The van der Waals surface area contributed by atoms with E-state index in [1.807, 2.05) is 0 Å². The van der Waals surface area contributed by atoms with Crippen LogP contribution >= 0.6 is 0 Å². The maximum atomic E-state index is 14.1. The lowest BCUT2D eigenvalue weighted by Crippen LogP contribution is -2.78. The molecule has 0 saturated heterocycles. The van der Waals surface area contributed by atoms with Crippen LogP contribution in [0.3, 0.4) is 0 Å². The molecule has 0 fully saturated rings. The average molecular weight is 1150 g/mol. The summed E-state index contributed by atoms with van der Waals surface area (Å²) in [4.78, 5) is 0. The summed E-state index contributed by atoms with van der Waals surface area (Å²) >= 11 is 0. The van der Waals surface area contributed by atoms with Crippen molar-refractivity contribution in [3.63, 3.8) is 0 Å². The fourth-order valence-electron chi connectivity index (χ4n) is 4.71. The second-order valence-corrected chi connectivity index (χ2v) is 14.2. The Hall–Kier alpha value is -2.23. The number of aliphatic hydroxyl groups excluding tert-OH is 1. The van der Waals surface area contributed by atoms with Crippen LogP contribution in [0, 0.1) is 0 Å². The first kappa shape index (κ1) is 70.8. The highest BCUT2D eigenvalue weighted by atomic mass is 19.4. The van der Waals surface area contributed by atoms with Gasteiger partial charge in [0.2, 0.25) is 0 Å². The van der Waals surface area contributed by atoms with Gasteiger partial charge >= 0.3 is 71.3 Å². The van der Waals surface area contributed by atoms with E-state index in [9.17, 15) is 110 Å². The molecule has 0 aliphatic heterocycles. The summed E-state index contributed by atoms with van der Waals surface area (Å²) in [7, 11) is 0. The summed E-state index contributed by atoms with van der Waals surface area (Å²) in [5, 5.41) is 8.56. The van der Waals surface area contributed by atoms with Gasteiger partial charge in [-0.2, -0.15) is 110 Å². The number of hydrogen-bond acceptors (Lipinski definition) is 12. The second-order valence-electron chi connectivity index (χ2n) is 14.2. The van der Waals surface area contributed by atoms with Gasteiger partial charge < -0.3 is 57.2 Å². The number of hydrogen-bond donors (Lipinski definition) is 1. The van der Waals surface area contributed by atoms with Gasteiger partial charge in [0.25, 0.3) is 0 Å². The van der Waals surface area contributed by atoms with Crippen molar-refractivity contribution in [1.82, 2.24) is 0 Å². The van der Waals surface area contributed by atoms with Gasteiger partial charge in [-0.25, -0.2) is 0 Å². The van der Waals surface area contributed by atoms with Crippen molar-refractivity contribution < 1.29 is 167 Å². The lowest BCUT2D eigenvalue weighted by Gasteiger charge is -2.45. The zero-order valence-corrected chi connectivity index (χ0v) is 37.4. The second kappa shape index (κ2) is 30.1. The molecule has 0 amide bonds. The fraction of sp³-hybridized carbons (Fsp3) is 1.00. The number of halogens is 25. The summed E-state index contributed by atoms with van der Waals surface area (Å²) in [5.74, 6) is -98.7. The molecular formula is C36H49F25O12. The molecule has 0 aliphatic rings. The third-order valence-corrected chi connectivity index (χ3v) is 8.88. The van der Waals surface area contributed by atoms with Crippen molar-refractivity contribution >= 4 is 0 Å². The van der Waals surface area contributed by atoms with Crippen molar-refractivity contribution in [1.29, 1.82) is 0 Å². The summed E-state index contributed by atoms with van der Waals surface area (Å²) in [5.41, 5.74) is 0. The third kappa shape index (κ3) is 17.9. The maximum Gasteiger partial charge on any atom is 0.460 e. The van der Waals surface area contributed by atoms with E-state index in [1.54, 1.807) is 0 Å². The molecule has 0 spiro atoms. The molecule has 0 rings (SSSR count). The lowest BCUT2D eigenvalue weighted by atomic mass is 9.84. The molecule has 440 valence electrons. The number of aliphatic hydroxyl groups is 1. The molecule has 73 heavy (non-hydrogen) atoms. The van der Waals surface area contributed by atoms with Crippen LogP contribution in [0.25, 0.3) is 0 Å². The van der Waals surface area contributed by atoms with Gasteiger partial charge in [-0.15, -0.1) is 0 Å². The molecule has 0 atom stereocenters. The first-order valence-corrected chi connectivity index (χ1v) is 20.5. The Kier molecular flexibility index (Phi) is 29.1. The van der Waals surface area contributed by atoms with Crippen LogP contribution in [0.2, 0.25) is 0 Å². The summed E-state index contributed by atoms with van der Waals surface area (Å²) in [6.07, 6.45) is -11.2. The number of rotatable bonds is 45. The SMILES string of the molecule is OCCOCCOCCOCCOCCOCCOCCOCCOCCOCCOCCOCCC(F)(F)C(F)(F)C(F)(F)C(F)(F)C(F)(F)C(F)(F)C(F)(F)C(F)(F)C(F)(F)C(F)(F)C(F)(F)C(F)(F)F. The van der Waals surface area contributed by atoms with Gasteiger partial charge in [-0.3, -0.25) is 0 Å². The molecule has 0 aliphatic carbocycles. The smallest absolute Gasteiger partial charge is 0.394 e. The molecule has 0 bridgehead atoms. The van der Waals surface area contributed by atoms with Gasteiger partial charge in [0.05, 0.1) is 152 Å². The van der Waals surface area contributed by atoms with E-state index in [0.717, 1.165) is 0 Å². The number of alkyl halides is 25. The molecular weight excluding hydrogens is 1100 g/mol. The Labute approximate surface area is 397 Å². The van der Waals surface area contributed by atoms with Crippen LogP contribution < -0.4 is 0 Å². The van der Waals surface area contributed by atoms with E-state index in [2.05, 4.69) is 4.74 Å². The zero-order chi connectivity index (χ0) is 56.7. The summed E-state index contributed by atoms with van der Waals surface area (Å²) in [6.45, 7) is 0.315.